The summed E-state index contributed by atoms with van der Waals surface area (Å²) in [6.45, 7) is 3.35. The van der Waals surface area contributed by atoms with Crippen molar-refractivity contribution in [2.45, 2.75) is 13.1 Å². The van der Waals surface area contributed by atoms with Crippen molar-refractivity contribution in [2.24, 2.45) is 0 Å². The van der Waals surface area contributed by atoms with Gasteiger partial charge in [-0.3, -0.25) is 0 Å². The Bertz CT molecular complexity index is 329. The van der Waals surface area contributed by atoms with Crippen LogP contribution in [0.15, 0.2) is 45.6 Å². The highest BCUT2D eigenvalue weighted by Crippen LogP contribution is 1.98. The molecule has 0 radical (unpaired) electrons. The minimum atomic E-state index is 0.773. The molecular weight excluding hydrogens is 204 g/mol. The average molecular weight is 220 g/mol. The third-order valence-electron chi connectivity index (χ3n) is 2.24. The van der Waals surface area contributed by atoms with Gasteiger partial charge >= 0.3 is 0 Å². The van der Waals surface area contributed by atoms with Gasteiger partial charge in [0.1, 0.15) is 11.5 Å². The minimum absolute atomic E-state index is 0.773. The zero-order chi connectivity index (χ0) is 11.1. The van der Waals surface area contributed by atoms with Gasteiger partial charge in [-0.2, -0.15) is 0 Å². The number of hydrogen-bond donors (Lipinski definition) is 2. The first-order valence-electron chi connectivity index (χ1n) is 5.41. The van der Waals surface area contributed by atoms with Gasteiger partial charge in [-0.05, 0) is 24.3 Å². The van der Waals surface area contributed by atoms with Crippen LogP contribution in [0.5, 0.6) is 0 Å². The zero-order valence-electron chi connectivity index (χ0n) is 9.11. The molecule has 0 saturated carbocycles. The monoisotopic (exact) mass is 220 g/mol. The fraction of sp³-hybridized carbons (Fsp3) is 0.333. The van der Waals surface area contributed by atoms with E-state index in [1.54, 1.807) is 12.5 Å². The van der Waals surface area contributed by atoms with Crippen LogP contribution in [-0.4, -0.2) is 13.1 Å². The predicted molar refractivity (Wildman–Crippen MR) is 60.8 cm³/mol. The van der Waals surface area contributed by atoms with Gasteiger partial charge in [0.15, 0.2) is 0 Å². The van der Waals surface area contributed by atoms with Crippen molar-refractivity contribution in [3.8, 4) is 0 Å². The van der Waals surface area contributed by atoms with Crippen LogP contribution >= 0.6 is 0 Å². The summed E-state index contributed by atoms with van der Waals surface area (Å²) in [6, 6.07) is 7.71. The molecule has 2 rings (SSSR count). The van der Waals surface area contributed by atoms with Crippen molar-refractivity contribution >= 4 is 0 Å². The largest absolute Gasteiger partial charge is 0.468 e. The summed E-state index contributed by atoms with van der Waals surface area (Å²) in [4.78, 5) is 0. The lowest BCUT2D eigenvalue weighted by Gasteiger charge is -2.03. The SMILES string of the molecule is c1coc(CNCCNCc2ccco2)c1. The van der Waals surface area contributed by atoms with E-state index in [1.807, 2.05) is 24.3 Å². The van der Waals surface area contributed by atoms with Crippen LogP contribution < -0.4 is 10.6 Å². The van der Waals surface area contributed by atoms with Crippen LogP contribution in [0.4, 0.5) is 0 Å². The van der Waals surface area contributed by atoms with Crippen molar-refractivity contribution in [2.75, 3.05) is 13.1 Å². The van der Waals surface area contributed by atoms with Crippen LogP contribution in [0.3, 0.4) is 0 Å². The Labute approximate surface area is 94.6 Å². The smallest absolute Gasteiger partial charge is 0.117 e. The molecule has 4 heteroatoms. The Morgan fingerprint density at radius 2 is 1.31 bits per heavy atom. The van der Waals surface area contributed by atoms with Gasteiger partial charge in [0.2, 0.25) is 0 Å². The molecule has 86 valence electrons. The highest BCUT2D eigenvalue weighted by atomic mass is 16.3. The van der Waals surface area contributed by atoms with Gasteiger partial charge in [0.05, 0.1) is 25.6 Å². The quantitative estimate of drug-likeness (QED) is 0.698. The van der Waals surface area contributed by atoms with Gasteiger partial charge < -0.3 is 19.5 Å². The molecular formula is C12H16N2O2. The Hall–Kier alpha value is -1.52. The van der Waals surface area contributed by atoms with Crippen molar-refractivity contribution in [3.05, 3.63) is 48.3 Å². The van der Waals surface area contributed by atoms with E-state index < -0.39 is 0 Å². The maximum absolute atomic E-state index is 5.20. The average Bonchev–Trinajstić information content (AvgIpc) is 2.96. The van der Waals surface area contributed by atoms with Crippen molar-refractivity contribution in [3.63, 3.8) is 0 Å². The van der Waals surface area contributed by atoms with Gasteiger partial charge in [-0.1, -0.05) is 0 Å². The molecule has 2 N–H and O–H groups in total. The van der Waals surface area contributed by atoms with Crippen molar-refractivity contribution in [1.29, 1.82) is 0 Å². The molecule has 0 bridgehead atoms. The highest BCUT2D eigenvalue weighted by Gasteiger charge is 1.95. The van der Waals surface area contributed by atoms with Crippen molar-refractivity contribution in [1.82, 2.24) is 10.6 Å². The van der Waals surface area contributed by atoms with Gasteiger partial charge in [0, 0.05) is 13.1 Å². The van der Waals surface area contributed by atoms with Crippen molar-refractivity contribution < 1.29 is 8.83 Å². The Balaban J connectivity index is 1.49. The molecule has 2 heterocycles. The maximum Gasteiger partial charge on any atom is 0.117 e. The van der Waals surface area contributed by atoms with E-state index in [4.69, 9.17) is 8.83 Å². The first-order chi connectivity index (χ1) is 7.95. The normalized spacial score (nSPS) is 10.8. The Morgan fingerprint density at radius 3 is 1.69 bits per heavy atom. The van der Waals surface area contributed by atoms with E-state index in [0.29, 0.717) is 0 Å². The topological polar surface area (TPSA) is 50.3 Å². The van der Waals surface area contributed by atoms with E-state index >= 15 is 0 Å². The summed E-state index contributed by atoms with van der Waals surface area (Å²) in [5, 5.41) is 6.56. The number of rotatable bonds is 7. The Kier molecular flexibility index (Phi) is 4.22. The van der Waals surface area contributed by atoms with Gasteiger partial charge in [0.25, 0.3) is 0 Å². The minimum Gasteiger partial charge on any atom is -0.468 e. The molecule has 0 saturated heterocycles. The third-order valence-corrected chi connectivity index (χ3v) is 2.24. The number of nitrogens with one attached hydrogen (secondary N) is 2. The molecule has 2 aromatic rings. The molecule has 2 aromatic heterocycles. The maximum atomic E-state index is 5.20. The fourth-order valence-electron chi connectivity index (χ4n) is 1.43. The summed E-state index contributed by atoms with van der Waals surface area (Å²) in [5.41, 5.74) is 0. The number of hydrogen-bond acceptors (Lipinski definition) is 4. The number of furan rings is 2. The van der Waals surface area contributed by atoms with E-state index in [2.05, 4.69) is 10.6 Å². The molecule has 16 heavy (non-hydrogen) atoms. The molecule has 0 aliphatic rings. The predicted octanol–water partition coefficient (Wildman–Crippen LogP) is 1.75. The second-order valence-corrected chi connectivity index (χ2v) is 3.51. The standard InChI is InChI=1S/C12H16N2O2/c1-3-11(15-7-1)9-13-5-6-14-10-12-4-2-8-16-12/h1-4,7-8,13-14H,5-6,9-10H2. The fourth-order valence-corrected chi connectivity index (χ4v) is 1.43. The second-order valence-electron chi connectivity index (χ2n) is 3.51. The van der Waals surface area contributed by atoms with E-state index in [0.717, 1.165) is 37.7 Å². The summed E-state index contributed by atoms with van der Waals surface area (Å²) < 4.78 is 10.4. The van der Waals surface area contributed by atoms with E-state index in [9.17, 15) is 0 Å². The molecule has 0 unspecified atom stereocenters. The second kappa shape index (κ2) is 6.15. The van der Waals surface area contributed by atoms with Gasteiger partial charge in [-0.15, -0.1) is 0 Å². The van der Waals surface area contributed by atoms with E-state index in [-0.39, 0.29) is 0 Å². The highest BCUT2D eigenvalue weighted by molar-refractivity contribution is 4.98. The summed E-state index contributed by atoms with van der Waals surface area (Å²) in [5.74, 6) is 1.93. The lowest BCUT2D eigenvalue weighted by atomic mass is 10.4. The first kappa shape index (κ1) is 11.0. The molecule has 0 aromatic carbocycles. The lowest BCUT2D eigenvalue weighted by molar-refractivity contribution is 0.465. The van der Waals surface area contributed by atoms with Crippen LogP contribution in [0.25, 0.3) is 0 Å². The zero-order valence-corrected chi connectivity index (χ0v) is 9.11. The summed E-state index contributed by atoms with van der Waals surface area (Å²) in [6.07, 6.45) is 3.37. The van der Waals surface area contributed by atoms with Crippen LogP contribution in [0, 0.1) is 0 Å². The molecule has 0 fully saturated rings. The third kappa shape index (κ3) is 3.56. The van der Waals surface area contributed by atoms with Gasteiger partial charge in [-0.25, -0.2) is 0 Å². The molecule has 0 spiro atoms. The summed E-state index contributed by atoms with van der Waals surface area (Å²) >= 11 is 0. The van der Waals surface area contributed by atoms with Crippen LogP contribution in [0.1, 0.15) is 11.5 Å². The molecule has 0 amide bonds. The van der Waals surface area contributed by atoms with Crippen LogP contribution in [0.2, 0.25) is 0 Å². The van der Waals surface area contributed by atoms with Crippen LogP contribution in [-0.2, 0) is 13.1 Å². The molecule has 0 atom stereocenters. The lowest BCUT2D eigenvalue weighted by Crippen LogP contribution is -2.26. The Morgan fingerprint density at radius 1 is 0.812 bits per heavy atom. The van der Waals surface area contributed by atoms with E-state index in [1.165, 1.54) is 0 Å². The molecule has 0 aliphatic carbocycles. The molecule has 4 nitrogen and oxygen atoms in total. The molecule has 0 aliphatic heterocycles. The summed E-state index contributed by atoms with van der Waals surface area (Å²) in [7, 11) is 0. The first-order valence-corrected chi connectivity index (χ1v) is 5.41.